The van der Waals surface area contributed by atoms with Gasteiger partial charge in [-0.3, -0.25) is 4.79 Å². The molecule has 0 aliphatic carbocycles. The second-order valence-electron chi connectivity index (χ2n) is 5.85. The van der Waals surface area contributed by atoms with Crippen LogP contribution in [0.3, 0.4) is 0 Å². The van der Waals surface area contributed by atoms with E-state index in [-0.39, 0.29) is 30.6 Å². The maximum absolute atomic E-state index is 14.0. The molecule has 1 fully saturated rings. The number of benzene rings is 1. The quantitative estimate of drug-likeness (QED) is 0.908. The van der Waals surface area contributed by atoms with E-state index < -0.39 is 18.2 Å². The van der Waals surface area contributed by atoms with E-state index in [4.69, 9.17) is 5.11 Å². The van der Waals surface area contributed by atoms with Crippen molar-refractivity contribution in [2.45, 2.75) is 31.9 Å². The zero-order valence-corrected chi connectivity index (χ0v) is 12.4. The summed E-state index contributed by atoms with van der Waals surface area (Å²) in [7, 11) is 0. The summed E-state index contributed by atoms with van der Waals surface area (Å²) in [5, 5.41) is 8.84. The van der Waals surface area contributed by atoms with Gasteiger partial charge in [-0.25, -0.2) is 13.6 Å². The molecule has 6 heteroatoms. The van der Waals surface area contributed by atoms with Gasteiger partial charge in [0.25, 0.3) is 0 Å². The maximum Gasteiger partial charge on any atom is 0.343 e. The van der Waals surface area contributed by atoms with Crippen LogP contribution in [0.25, 0.3) is 0 Å². The highest BCUT2D eigenvalue weighted by Gasteiger charge is 2.47. The summed E-state index contributed by atoms with van der Waals surface area (Å²) in [5.41, 5.74) is -1.54. The largest absolute Gasteiger partial charge is 0.479 e. The van der Waals surface area contributed by atoms with Gasteiger partial charge in [0.1, 0.15) is 5.82 Å². The smallest absolute Gasteiger partial charge is 0.343 e. The Morgan fingerprint density at radius 3 is 2.77 bits per heavy atom. The molecular weight excluding hydrogens is 292 g/mol. The van der Waals surface area contributed by atoms with Crippen molar-refractivity contribution in [1.82, 2.24) is 4.90 Å². The van der Waals surface area contributed by atoms with E-state index in [0.717, 1.165) is 5.56 Å². The minimum absolute atomic E-state index is 0.117. The minimum atomic E-state index is -2.34. The number of hydrogen-bond donors (Lipinski definition) is 1. The van der Waals surface area contributed by atoms with E-state index in [2.05, 4.69) is 0 Å². The molecule has 1 aliphatic rings. The van der Waals surface area contributed by atoms with E-state index >= 15 is 0 Å². The molecule has 1 aromatic carbocycles. The van der Waals surface area contributed by atoms with Gasteiger partial charge in [0.05, 0.1) is 6.54 Å². The summed E-state index contributed by atoms with van der Waals surface area (Å²) in [4.78, 5) is 24.4. The number of nitrogens with zero attached hydrogens (tertiary/aromatic N) is 1. The summed E-state index contributed by atoms with van der Waals surface area (Å²) in [5.74, 6) is -2.45. The van der Waals surface area contributed by atoms with Crippen LogP contribution >= 0.6 is 0 Å². The number of aliphatic carboxylic acids is 1. The van der Waals surface area contributed by atoms with Crippen LogP contribution in [0.2, 0.25) is 0 Å². The van der Waals surface area contributed by atoms with Crippen LogP contribution in [0.15, 0.2) is 24.3 Å². The van der Waals surface area contributed by atoms with Crippen molar-refractivity contribution in [1.29, 1.82) is 0 Å². The lowest BCUT2D eigenvalue weighted by atomic mass is 10.00. The van der Waals surface area contributed by atoms with Gasteiger partial charge in [-0.05, 0) is 30.5 Å². The van der Waals surface area contributed by atoms with Gasteiger partial charge >= 0.3 is 5.97 Å². The Bertz CT molecular complexity index is 578. The molecule has 1 aromatic rings. The van der Waals surface area contributed by atoms with Crippen molar-refractivity contribution in [2.75, 3.05) is 13.1 Å². The molecule has 0 saturated carbocycles. The Morgan fingerprint density at radius 2 is 2.18 bits per heavy atom. The molecule has 1 saturated heterocycles. The molecule has 2 rings (SSSR count). The summed E-state index contributed by atoms with van der Waals surface area (Å²) >= 11 is 0. The molecule has 0 bridgehead atoms. The number of carboxylic acid groups (broad SMARTS) is 1. The molecule has 1 heterocycles. The number of carboxylic acids is 1. The van der Waals surface area contributed by atoms with Crippen LogP contribution in [0.1, 0.15) is 25.3 Å². The molecule has 120 valence electrons. The SMILES string of the molecule is CC(CCc1cccc(F)c1)C(=O)N1CCC(F)(C(=O)O)C1. The number of carbonyl (C=O) groups is 2. The highest BCUT2D eigenvalue weighted by Crippen LogP contribution is 2.27. The summed E-state index contributed by atoms with van der Waals surface area (Å²) < 4.78 is 27.1. The minimum Gasteiger partial charge on any atom is -0.479 e. The van der Waals surface area contributed by atoms with Gasteiger partial charge in [-0.1, -0.05) is 19.1 Å². The lowest BCUT2D eigenvalue weighted by Crippen LogP contribution is -2.40. The Labute approximate surface area is 127 Å². The van der Waals surface area contributed by atoms with Gasteiger partial charge in [-0.15, -0.1) is 0 Å². The van der Waals surface area contributed by atoms with Crippen LogP contribution in [0, 0.1) is 11.7 Å². The molecule has 22 heavy (non-hydrogen) atoms. The van der Waals surface area contributed by atoms with Crippen LogP contribution in [-0.2, 0) is 16.0 Å². The van der Waals surface area contributed by atoms with Gasteiger partial charge in [0.2, 0.25) is 11.6 Å². The fourth-order valence-electron chi connectivity index (χ4n) is 2.65. The molecule has 1 N–H and O–H groups in total. The van der Waals surface area contributed by atoms with Crippen molar-refractivity contribution in [3.05, 3.63) is 35.6 Å². The van der Waals surface area contributed by atoms with Gasteiger partial charge in [-0.2, -0.15) is 0 Å². The third-order valence-electron chi connectivity index (χ3n) is 4.09. The number of aryl methyl sites for hydroxylation is 1. The first-order valence-electron chi connectivity index (χ1n) is 7.27. The fourth-order valence-corrected chi connectivity index (χ4v) is 2.65. The van der Waals surface area contributed by atoms with Crippen molar-refractivity contribution < 1.29 is 23.5 Å². The Morgan fingerprint density at radius 1 is 1.45 bits per heavy atom. The molecule has 0 aromatic heterocycles. The highest BCUT2D eigenvalue weighted by atomic mass is 19.1. The first-order chi connectivity index (χ1) is 10.3. The number of carbonyl (C=O) groups excluding carboxylic acids is 1. The van der Waals surface area contributed by atoms with Crippen molar-refractivity contribution in [3.63, 3.8) is 0 Å². The summed E-state index contributed by atoms with van der Waals surface area (Å²) in [6.07, 6.45) is 0.869. The van der Waals surface area contributed by atoms with E-state index in [9.17, 15) is 18.4 Å². The molecule has 0 spiro atoms. The molecule has 4 nitrogen and oxygen atoms in total. The van der Waals surface area contributed by atoms with Crippen LogP contribution in [0.5, 0.6) is 0 Å². The van der Waals surface area contributed by atoms with Crippen LogP contribution in [0.4, 0.5) is 8.78 Å². The van der Waals surface area contributed by atoms with E-state index in [1.54, 1.807) is 19.1 Å². The molecule has 1 amide bonds. The second-order valence-corrected chi connectivity index (χ2v) is 5.85. The second kappa shape index (κ2) is 6.42. The predicted octanol–water partition coefficient (Wildman–Crippen LogP) is 2.42. The normalized spacial score (nSPS) is 22.6. The summed E-state index contributed by atoms with van der Waals surface area (Å²) in [6.45, 7) is 1.44. The monoisotopic (exact) mass is 311 g/mol. The molecule has 0 radical (unpaired) electrons. The first kappa shape index (κ1) is 16.4. The van der Waals surface area contributed by atoms with Crippen LogP contribution in [-0.4, -0.2) is 40.6 Å². The van der Waals surface area contributed by atoms with Gasteiger partial charge in [0, 0.05) is 18.9 Å². The molecular formula is C16H19F2NO3. The average molecular weight is 311 g/mol. The van der Waals surface area contributed by atoms with Crippen molar-refractivity contribution in [2.24, 2.45) is 5.92 Å². The van der Waals surface area contributed by atoms with Crippen LogP contribution < -0.4 is 0 Å². The third kappa shape index (κ3) is 3.61. The number of hydrogen-bond acceptors (Lipinski definition) is 2. The molecule has 2 atom stereocenters. The Hall–Kier alpha value is -1.98. The standard InChI is InChI=1S/C16H19F2NO3/c1-11(5-6-12-3-2-4-13(17)9-12)14(20)19-8-7-16(18,10-19)15(21)22/h2-4,9,11H,5-8,10H2,1H3,(H,21,22). The van der Waals surface area contributed by atoms with Crippen molar-refractivity contribution in [3.8, 4) is 0 Å². The van der Waals surface area contributed by atoms with E-state index in [1.807, 2.05) is 0 Å². The van der Waals surface area contributed by atoms with Crippen molar-refractivity contribution >= 4 is 11.9 Å². The van der Waals surface area contributed by atoms with E-state index in [0.29, 0.717) is 12.8 Å². The number of rotatable bonds is 5. The van der Waals surface area contributed by atoms with Gasteiger partial charge < -0.3 is 10.0 Å². The lowest BCUT2D eigenvalue weighted by Gasteiger charge is -2.21. The predicted molar refractivity (Wildman–Crippen MR) is 76.6 cm³/mol. The fraction of sp³-hybridized carbons (Fsp3) is 0.500. The zero-order valence-electron chi connectivity index (χ0n) is 12.4. The third-order valence-corrected chi connectivity index (χ3v) is 4.09. The topological polar surface area (TPSA) is 57.6 Å². The zero-order chi connectivity index (χ0) is 16.3. The Balaban J connectivity index is 1.89. The maximum atomic E-state index is 14.0. The highest BCUT2D eigenvalue weighted by molar-refractivity contribution is 5.83. The number of likely N-dealkylation sites (tertiary alicyclic amines) is 1. The number of alkyl halides is 1. The number of amides is 1. The molecule has 1 aliphatic heterocycles. The van der Waals surface area contributed by atoms with E-state index in [1.165, 1.54) is 17.0 Å². The average Bonchev–Trinajstić information content (AvgIpc) is 2.88. The number of halogens is 2. The Kier molecular flexibility index (Phi) is 4.78. The summed E-state index contributed by atoms with van der Waals surface area (Å²) in [6, 6.07) is 6.17. The first-order valence-corrected chi connectivity index (χ1v) is 7.27. The van der Waals surface area contributed by atoms with Gasteiger partial charge in [0.15, 0.2) is 0 Å². The lowest BCUT2D eigenvalue weighted by molar-refractivity contribution is -0.150. The molecule has 2 unspecified atom stereocenters.